The summed E-state index contributed by atoms with van der Waals surface area (Å²) in [5.74, 6) is -0.738. The van der Waals surface area contributed by atoms with Gasteiger partial charge in [0.05, 0.1) is 60.4 Å². The second-order valence-electron chi connectivity index (χ2n) is 25.1. The lowest BCUT2D eigenvalue weighted by Gasteiger charge is -2.09. The third kappa shape index (κ3) is 61.1. The number of nitrogens with one attached hydrogen (secondary N) is 1. The van der Waals surface area contributed by atoms with Gasteiger partial charge in [0.2, 0.25) is 0 Å². The number of para-hydroxylation sites is 1. The van der Waals surface area contributed by atoms with Crippen LogP contribution in [0, 0.1) is 11.8 Å². The summed E-state index contributed by atoms with van der Waals surface area (Å²) in [7, 11) is 0. The maximum Gasteiger partial charge on any atom is 0.303 e. The summed E-state index contributed by atoms with van der Waals surface area (Å²) in [6, 6.07) is 17.3. The highest BCUT2D eigenvalue weighted by atomic mass is 16.4. The van der Waals surface area contributed by atoms with Crippen molar-refractivity contribution in [3.8, 4) is 11.5 Å². The number of hydrogen-bond donors (Lipinski definition) is 18. The molecule has 1 unspecified atom stereocenters. The van der Waals surface area contributed by atoms with Crippen molar-refractivity contribution in [2.75, 3.05) is 19.6 Å². The first-order valence-corrected chi connectivity index (χ1v) is 33.9. The van der Waals surface area contributed by atoms with Gasteiger partial charge in [0.15, 0.2) is 5.78 Å². The number of nitrogens with two attached hydrogens (primary N) is 13. The number of carboxylic acid groups (broad SMARTS) is 2. The third-order valence-electron chi connectivity index (χ3n) is 14.7. The number of aromatic hydroxyl groups is 2. The molecule has 30 heteroatoms. The largest absolute Gasteiger partial charge is 0.508 e. The zero-order valence-corrected chi connectivity index (χ0v) is 63.2. The number of rotatable bonds is 32. The van der Waals surface area contributed by atoms with E-state index in [-0.39, 0.29) is 124 Å². The second-order valence-corrected chi connectivity index (χ2v) is 25.1. The number of phenolic OH excluding ortho intramolecular Hbond substituents is 2. The molecule has 586 valence electrons. The number of carbonyl (C=O) groups is 12. The number of aromatic nitrogens is 1. The maximum atomic E-state index is 11.1. The summed E-state index contributed by atoms with van der Waals surface area (Å²) in [6.07, 6.45) is 7.61. The predicted molar refractivity (Wildman–Crippen MR) is 406 cm³/mol. The third-order valence-corrected chi connectivity index (χ3v) is 14.7. The predicted octanol–water partition coefficient (Wildman–Crippen LogP) is 3.04. The van der Waals surface area contributed by atoms with Gasteiger partial charge in [0, 0.05) is 35.5 Å². The van der Waals surface area contributed by atoms with E-state index < -0.39 is 42.1 Å². The van der Waals surface area contributed by atoms with E-state index in [2.05, 4.69) is 4.98 Å². The lowest BCUT2D eigenvalue weighted by Crippen LogP contribution is -2.33. The average Bonchev–Trinajstić information content (AvgIpc) is 1.68. The van der Waals surface area contributed by atoms with Gasteiger partial charge in [0.25, 0.3) is 0 Å². The molecule has 0 bridgehead atoms. The molecule has 1 heterocycles. The fraction of sp³-hybridized carbons (Fsp3) is 0.562. The quantitative estimate of drug-likeness (QED) is 0.0334. The van der Waals surface area contributed by atoms with Gasteiger partial charge in [-0.05, 0) is 206 Å². The first-order valence-electron chi connectivity index (χ1n) is 33.9. The molecule has 4 aromatic rings. The van der Waals surface area contributed by atoms with Gasteiger partial charge in [-0.25, -0.2) is 0 Å². The average molecular weight is 1460 g/mol. The van der Waals surface area contributed by atoms with Crippen LogP contribution in [0.5, 0.6) is 11.5 Å². The van der Waals surface area contributed by atoms with Gasteiger partial charge in [-0.2, -0.15) is 0 Å². The van der Waals surface area contributed by atoms with Crippen LogP contribution in [0.3, 0.4) is 0 Å². The summed E-state index contributed by atoms with van der Waals surface area (Å²) in [5.41, 5.74) is 73.7. The first kappa shape index (κ1) is 106. The minimum absolute atomic E-state index is 0.00968. The second kappa shape index (κ2) is 62.5. The Hall–Kier alpha value is -8.08. The molecule has 30 nitrogen and oxygen atoms in total. The molecule has 3 aromatic carbocycles. The minimum Gasteiger partial charge on any atom is -0.508 e. The van der Waals surface area contributed by atoms with Gasteiger partial charge in [-0.1, -0.05) is 70.2 Å². The number of aliphatic carboxylic acids is 2. The van der Waals surface area contributed by atoms with Gasteiger partial charge < -0.3 is 99.9 Å². The van der Waals surface area contributed by atoms with E-state index >= 15 is 0 Å². The number of ketones is 10. The first-order chi connectivity index (χ1) is 47.6. The van der Waals surface area contributed by atoms with Crippen LogP contribution in [-0.2, 0) is 70.4 Å². The Balaban J connectivity index is -0.000000256. The van der Waals surface area contributed by atoms with Gasteiger partial charge in [-0.15, -0.1) is 0 Å². The molecule has 0 fully saturated rings. The van der Waals surface area contributed by atoms with Crippen LogP contribution in [0.4, 0.5) is 0 Å². The molecule has 0 spiro atoms. The molecule has 0 aliphatic heterocycles. The Bertz CT molecular complexity index is 2930. The van der Waals surface area contributed by atoms with Crippen LogP contribution in [0.2, 0.25) is 0 Å². The van der Waals surface area contributed by atoms with E-state index in [0.717, 1.165) is 34.0 Å². The molecule has 0 aliphatic rings. The van der Waals surface area contributed by atoms with E-state index in [1.54, 1.807) is 54.7 Å². The van der Waals surface area contributed by atoms with E-state index in [9.17, 15) is 57.5 Å². The molecule has 4 rings (SSSR count). The number of aromatic amines is 1. The Labute approximate surface area is 608 Å². The molecule has 0 aliphatic carbocycles. The van der Waals surface area contributed by atoms with Crippen LogP contribution in [0.1, 0.15) is 184 Å². The zero-order chi connectivity index (χ0) is 81.4. The van der Waals surface area contributed by atoms with E-state index in [1.165, 1.54) is 69.2 Å². The van der Waals surface area contributed by atoms with Crippen molar-refractivity contribution in [2.24, 2.45) is 86.4 Å². The standard InChI is InChI=1S/C11H12N2O.2C10H13NO2.2C7H13NO3.C6H14N2O.2C6H13NO.2C5H12N2O/c1-7(14)11(12)9-6-13-10-5-3-2-4-8(9)10;2*1-7(12)10(11)6-8-2-4-9(13)5-3-8;2*1-5(9)6(8)3-2-4-7(10)11;1-5(9)6(8)3-2-4-7;2*1-4(2)6(7)5(3)8;2*1-4(8)5(7)2-3-6/h2-6,11,13H,12H2,1H3;2*2-5,10,13H,6,11H2,1H3;2*6H,2-4,8H2,1H3,(H,10,11);6H,2-4,7-8H2,1H3;2*4,6H,7H2,1-3H3;2*5H,2-3,6-7H2,1H3/t11-;2*10-;4*6-;;2*5-/m0101011.10/s1. The van der Waals surface area contributed by atoms with E-state index in [1.807, 2.05) is 52.0 Å². The number of phenols is 2. The Kier molecular flexibility index (Phi) is 64.2. The van der Waals surface area contributed by atoms with Crippen LogP contribution in [0.15, 0.2) is 79.0 Å². The Morgan fingerprint density at radius 3 is 0.864 bits per heavy atom. The lowest BCUT2D eigenvalue weighted by atomic mass is 10.0. The van der Waals surface area contributed by atoms with Crippen molar-refractivity contribution in [1.82, 2.24) is 4.98 Å². The lowest BCUT2D eigenvalue weighted by molar-refractivity contribution is -0.138. The van der Waals surface area contributed by atoms with Gasteiger partial charge in [-0.3, -0.25) is 57.5 Å². The van der Waals surface area contributed by atoms with Crippen LogP contribution >= 0.6 is 0 Å². The summed E-state index contributed by atoms with van der Waals surface area (Å²) in [4.78, 5) is 129. The molecule has 0 amide bonds. The number of carboxylic acids is 2. The molecular formula is C73H128N14O16. The molecule has 0 saturated carbocycles. The smallest absolute Gasteiger partial charge is 0.303 e. The molecule has 1 aromatic heterocycles. The summed E-state index contributed by atoms with van der Waals surface area (Å²) >= 11 is 0. The van der Waals surface area contributed by atoms with Gasteiger partial charge >= 0.3 is 11.9 Å². The maximum absolute atomic E-state index is 11.1. The van der Waals surface area contributed by atoms with E-state index in [0.29, 0.717) is 77.4 Å². The molecule has 31 N–H and O–H groups in total. The summed E-state index contributed by atoms with van der Waals surface area (Å²) < 4.78 is 0. The SMILES string of the molecule is CC(=O)C(N)C(C)C.CC(=O)[C@@H](N)CCCC(=O)O.CC(=O)[C@@H](N)CCN.CC(=O)[C@@H](N)Cc1ccc(O)cc1.CC(=O)[C@H](N)C(C)C.CC(=O)[C@H](N)CCCC(=O)O.CC(=O)[C@H](N)CCCN.CC(=O)[C@H](N)CCN.CC(=O)[C@H](N)Cc1ccc(O)cc1.CC(=O)[C@H](N)c1c[nH]c2ccccc12. The number of Topliss-reactive ketones (excluding diaryl/α,β-unsaturated/α-hetero) is 10. The van der Waals surface area contributed by atoms with Gasteiger partial charge in [0.1, 0.15) is 63.5 Å². The van der Waals surface area contributed by atoms with Crippen molar-refractivity contribution in [3.05, 3.63) is 95.7 Å². The highest BCUT2D eigenvalue weighted by Crippen LogP contribution is 2.23. The topological polar surface area (TPSA) is 640 Å². The highest BCUT2D eigenvalue weighted by molar-refractivity contribution is 5.91. The normalized spacial score (nSPS) is 13.0. The number of H-pyrrole nitrogens is 1. The van der Waals surface area contributed by atoms with E-state index in [4.69, 9.17) is 95.0 Å². The summed E-state index contributed by atoms with van der Waals surface area (Å²) in [6.45, 7) is 24.1. The number of benzene rings is 3. The Morgan fingerprint density at radius 1 is 0.359 bits per heavy atom. The molecule has 0 saturated heterocycles. The zero-order valence-electron chi connectivity index (χ0n) is 63.2. The molecular weight excluding hydrogens is 1330 g/mol. The Morgan fingerprint density at radius 2 is 0.641 bits per heavy atom. The fourth-order valence-electron chi connectivity index (χ4n) is 7.23. The van der Waals surface area contributed by atoms with Crippen molar-refractivity contribution < 1.29 is 78.0 Å². The fourth-order valence-corrected chi connectivity index (χ4v) is 7.23. The monoisotopic (exact) mass is 1460 g/mol. The van der Waals surface area contributed by atoms with Crippen LogP contribution in [0.25, 0.3) is 10.9 Å². The highest BCUT2D eigenvalue weighted by Gasteiger charge is 2.17. The van der Waals surface area contributed by atoms with Crippen molar-refractivity contribution in [2.45, 2.75) is 234 Å². The molecule has 103 heavy (non-hydrogen) atoms. The van der Waals surface area contributed by atoms with Crippen LogP contribution in [-0.4, -0.2) is 169 Å². The van der Waals surface area contributed by atoms with Crippen molar-refractivity contribution in [3.63, 3.8) is 0 Å². The number of fused-ring (bicyclic) bond motifs is 1. The van der Waals surface area contributed by atoms with Crippen molar-refractivity contribution >= 4 is 80.7 Å². The minimum atomic E-state index is -0.847. The van der Waals surface area contributed by atoms with Crippen molar-refractivity contribution in [1.29, 1.82) is 0 Å². The molecule has 0 radical (unpaired) electrons. The number of carbonyl (C=O) groups excluding carboxylic acids is 10. The van der Waals surface area contributed by atoms with Crippen LogP contribution < -0.4 is 74.5 Å². The summed E-state index contributed by atoms with van der Waals surface area (Å²) in [5, 5.41) is 35.5. The number of hydrogen-bond acceptors (Lipinski definition) is 27. The molecule has 10 atom stereocenters.